The van der Waals surface area contributed by atoms with Crippen molar-refractivity contribution in [1.82, 2.24) is 0 Å². The van der Waals surface area contributed by atoms with Gasteiger partial charge in [-0.3, -0.25) is 4.79 Å². The van der Waals surface area contributed by atoms with E-state index in [0.717, 1.165) is 31.9 Å². The van der Waals surface area contributed by atoms with E-state index in [4.69, 9.17) is 17.9 Å². The molecule has 0 saturated heterocycles. The summed E-state index contributed by atoms with van der Waals surface area (Å²) in [6.45, 7) is 0. The summed E-state index contributed by atoms with van der Waals surface area (Å²) in [6, 6.07) is 2.91. The summed E-state index contributed by atoms with van der Waals surface area (Å²) < 4.78 is 24.3. The Morgan fingerprint density at radius 2 is 1.91 bits per heavy atom. The van der Waals surface area contributed by atoms with Crippen LogP contribution in [0.25, 0.3) is 0 Å². The number of nitrogens with zero attached hydrogens (tertiary/aromatic N) is 1. The van der Waals surface area contributed by atoms with Gasteiger partial charge in [-0.05, 0) is 36.5 Å². The molecule has 1 aromatic carbocycles. The van der Waals surface area contributed by atoms with Gasteiger partial charge in [0.05, 0.1) is 10.5 Å². The number of rotatable bonds is 3. The van der Waals surface area contributed by atoms with E-state index in [9.17, 15) is 13.2 Å². The molecule has 4 N–H and O–H groups in total. The SMILES string of the molecule is C#Cc1cc(C2CCCC2)c(S(C)(=O)=O)cc1C(=O)N=C(N)N. The summed E-state index contributed by atoms with van der Waals surface area (Å²) in [4.78, 5) is 15.7. The first kappa shape index (κ1) is 17.0. The lowest BCUT2D eigenvalue weighted by Crippen LogP contribution is -2.24. The van der Waals surface area contributed by atoms with E-state index in [1.165, 1.54) is 6.07 Å². The highest BCUT2D eigenvalue weighted by atomic mass is 32.2. The third-order valence-electron chi connectivity index (χ3n) is 3.96. The number of carbonyl (C=O) groups is 1. The van der Waals surface area contributed by atoms with Crippen molar-refractivity contribution in [3.63, 3.8) is 0 Å². The van der Waals surface area contributed by atoms with Crippen LogP contribution < -0.4 is 11.5 Å². The minimum Gasteiger partial charge on any atom is -0.370 e. The maximum Gasteiger partial charge on any atom is 0.281 e. The highest BCUT2D eigenvalue weighted by Gasteiger charge is 2.26. The Morgan fingerprint density at radius 1 is 1.30 bits per heavy atom. The second kappa shape index (κ2) is 6.42. The Kier molecular flexibility index (Phi) is 4.76. The minimum absolute atomic E-state index is 0.0167. The average molecular weight is 333 g/mol. The summed E-state index contributed by atoms with van der Waals surface area (Å²) in [7, 11) is -3.51. The van der Waals surface area contributed by atoms with Gasteiger partial charge in [0.2, 0.25) is 0 Å². The zero-order chi connectivity index (χ0) is 17.2. The third-order valence-corrected chi connectivity index (χ3v) is 5.11. The number of terminal acetylenes is 1. The van der Waals surface area contributed by atoms with E-state index in [0.29, 0.717) is 11.1 Å². The van der Waals surface area contributed by atoms with Crippen LogP contribution in [-0.2, 0) is 9.84 Å². The molecule has 1 aliphatic rings. The number of hydrogen-bond acceptors (Lipinski definition) is 3. The van der Waals surface area contributed by atoms with E-state index in [1.54, 1.807) is 6.07 Å². The Hall–Kier alpha value is -2.33. The molecule has 0 spiro atoms. The maximum absolute atomic E-state index is 12.2. The van der Waals surface area contributed by atoms with Crippen LogP contribution in [0.5, 0.6) is 0 Å². The van der Waals surface area contributed by atoms with Crippen molar-refractivity contribution in [1.29, 1.82) is 0 Å². The van der Waals surface area contributed by atoms with Crippen LogP contribution in [0.1, 0.15) is 53.1 Å². The van der Waals surface area contributed by atoms with Crippen LogP contribution >= 0.6 is 0 Å². The van der Waals surface area contributed by atoms with Crippen LogP contribution in [0.15, 0.2) is 22.0 Å². The van der Waals surface area contributed by atoms with E-state index in [-0.39, 0.29) is 16.4 Å². The van der Waals surface area contributed by atoms with Crippen molar-refractivity contribution in [2.45, 2.75) is 36.5 Å². The Morgan fingerprint density at radius 3 is 2.39 bits per heavy atom. The fraction of sp³-hybridized carbons (Fsp3) is 0.375. The topological polar surface area (TPSA) is 116 Å². The van der Waals surface area contributed by atoms with Crippen LogP contribution in [0, 0.1) is 12.3 Å². The molecule has 0 radical (unpaired) electrons. The van der Waals surface area contributed by atoms with E-state index < -0.39 is 21.7 Å². The molecule has 1 amide bonds. The van der Waals surface area contributed by atoms with Crippen molar-refractivity contribution in [2.24, 2.45) is 16.5 Å². The van der Waals surface area contributed by atoms with E-state index >= 15 is 0 Å². The van der Waals surface area contributed by atoms with Crippen LogP contribution in [0.4, 0.5) is 0 Å². The molecule has 23 heavy (non-hydrogen) atoms. The number of nitrogens with two attached hydrogens (primary N) is 2. The number of benzene rings is 1. The Balaban J connectivity index is 2.69. The lowest BCUT2D eigenvalue weighted by Gasteiger charge is -2.16. The van der Waals surface area contributed by atoms with Gasteiger partial charge in [0.25, 0.3) is 5.91 Å². The van der Waals surface area contributed by atoms with Crippen LogP contribution in [0.2, 0.25) is 0 Å². The molecule has 1 fully saturated rings. The summed E-state index contributed by atoms with van der Waals surface area (Å²) in [5.74, 6) is 1.41. The molecule has 0 aromatic heterocycles. The van der Waals surface area contributed by atoms with Gasteiger partial charge in [0.15, 0.2) is 15.8 Å². The molecule has 6 nitrogen and oxygen atoms in total. The number of aliphatic imine (C=N–C) groups is 1. The van der Waals surface area contributed by atoms with E-state index in [1.807, 2.05) is 0 Å². The maximum atomic E-state index is 12.2. The Bertz CT molecular complexity index is 810. The first-order chi connectivity index (χ1) is 10.7. The van der Waals surface area contributed by atoms with Gasteiger partial charge in [-0.25, -0.2) is 8.42 Å². The summed E-state index contributed by atoms with van der Waals surface area (Å²) in [5.41, 5.74) is 11.4. The normalized spacial score (nSPS) is 15.1. The monoisotopic (exact) mass is 333 g/mol. The molecular weight excluding hydrogens is 314 g/mol. The molecule has 1 aromatic rings. The van der Waals surface area contributed by atoms with Gasteiger partial charge >= 0.3 is 0 Å². The van der Waals surface area contributed by atoms with E-state index in [2.05, 4.69) is 10.9 Å². The zero-order valence-corrected chi connectivity index (χ0v) is 13.7. The molecule has 0 heterocycles. The van der Waals surface area contributed by atoms with Crippen molar-refractivity contribution in [2.75, 3.05) is 6.26 Å². The minimum atomic E-state index is -3.51. The number of hydrogen-bond donors (Lipinski definition) is 2. The van der Waals surface area contributed by atoms with Gasteiger partial charge in [-0.2, -0.15) is 4.99 Å². The second-order valence-corrected chi connectivity index (χ2v) is 7.66. The van der Waals surface area contributed by atoms with Crippen molar-refractivity contribution < 1.29 is 13.2 Å². The number of carbonyl (C=O) groups excluding carboxylic acids is 1. The smallest absolute Gasteiger partial charge is 0.281 e. The summed E-state index contributed by atoms with van der Waals surface area (Å²) in [5, 5.41) is 0. The Labute approximate surface area is 135 Å². The molecule has 0 atom stereocenters. The second-order valence-electron chi connectivity index (χ2n) is 5.68. The highest BCUT2D eigenvalue weighted by Crippen LogP contribution is 2.38. The van der Waals surface area contributed by atoms with Gasteiger partial charge < -0.3 is 11.5 Å². The van der Waals surface area contributed by atoms with Gasteiger partial charge in [0.1, 0.15) is 0 Å². The summed E-state index contributed by atoms with van der Waals surface area (Å²) >= 11 is 0. The molecule has 7 heteroatoms. The third kappa shape index (κ3) is 3.71. The quantitative estimate of drug-likeness (QED) is 0.489. The molecule has 1 saturated carbocycles. The van der Waals surface area contributed by atoms with Gasteiger partial charge in [-0.1, -0.05) is 18.8 Å². The largest absolute Gasteiger partial charge is 0.370 e. The molecule has 0 bridgehead atoms. The van der Waals surface area contributed by atoms with Gasteiger partial charge in [-0.15, -0.1) is 6.42 Å². The average Bonchev–Trinajstić information content (AvgIpc) is 2.98. The lowest BCUT2D eigenvalue weighted by atomic mass is 9.93. The molecule has 0 unspecified atom stereocenters. The lowest BCUT2D eigenvalue weighted by molar-refractivity contribution is 0.100. The molecule has 122 valence electrons. The first-order valence-corrected chi connectivity index (χ1v) is 9.11. The predicted octanol–water partition coefficient (Wildman–Crippen LogP) is 1.14. The van der Waals surface area contributed by atoms with Crippen molar-refractivity contribution >= 4 is 21.7 Å². The molecular formula is C16H19N3O3S. The number of amides is 1. The summed E-state index contributed by atoms with van der Waals surface area (Å²) in [6.07, 6.45) is 10.5. The number of guanidine groups is 1. The van der Waals surface area contributed by atoms with Crippen molar-refractivity contribution in [3.05, 3.63) is 28.8 Å². The standard InChI is InChI=1S/C16H19N3O3S/c1-3-10-8-12(11-6-4-5-7-11)14(23(2,21)22)9-13(10)15(20)19-16(17)18/h1,8-9,11H,4-7H2,2H3,(H4,17,18,19,20). The van der Waals surface area contributed by atoms with Crippen molar-refractivity contribution in [3.8, 4) is 12.3 Å². The highest BCUT2D eigenvalue weighted by molar-refractivity contribution is 7.90. The van der Waals surface area contributed by atoms with Crippen LogP contribution in [-0.4, -0.2) is 26.5 Å². The number of sulfone groups is 1. The first-order valence-electron chi connectivity index (χ1n) is 7.22. The molecule has 0 aliphatic heterocycles. The molecule has 2 rings (SSSR count). The van der Waals surface area contributed by atoms with Crippen LogP contribution in [0.3, 0.4) is 0 Å². The van der Waals surface area contributed by atoms with Gasteiger partial charge in [0, 0.05) is 11.8 Å². The molecule has 1 aliphatic carbocycles. The zero-order valence-electron chi connectivity index (χ0n) is 12.9. The fourth-order valence-corrected chi connectivity index (χ4v) is 3.93. The predicted molar refractivity (Wildman–Crippen MR) is 88.8 cm³/mol. The fourth-order valence-electron chi connectivity index (χ4n) is 2.95.